The van der Waals surface area contributed by atoms with E-state index in [0.717, 1.165) is 16.7 Å². The van der Waals surface area contributed by atoms with E-state index in [1.54, 1.807) is 31.4 Å². The van der Waals surface area contributed by atoms with Gasteiger partial charge >= 0.3 is 0 Å². The molecule has 1 N–H and O–H groups in total. The Hall–Kier alpha value is -4.74. The second-order valence-corrected chi connectivity index (χ2v) is 9.09. The Labute approximate surface area is 221 Å². The number of likely N-dealkylation sites (tertiary alicyclic amines) is 1. The van der Waals surface area contributed by atoms with Gasteiger partial charge in [-0.1, -0.05) is 12.1 Å². The number of methoxy groups -OCH3 is 2. The van der Waals surface area contributed by atoms with Crippen LogP contribution in [0, 0.1) is 11.6 Å². The number of carbonyl (C=O) groups is 1. The zero-order chi connectivity index (χ0) is 27.8. The van der Waals surface area contributed by atoms with Gasteiger partial charge in [0.1, 0.15) is 28.8 Å². The summed E-state index contributed by atoms with van der Waals surface area (Å²) in [5, 5.41) is 15.0. The first kappa shape index (κ1) is 25.9. The van der Waals surface area contributed by atoms with Crippen molar-refractivity contribution in [3.8, 4) is 34.5 Å². The van der Waals surface area contributed by atoms with Crippen LogP contribution in [-0.4, -0.2) is 62.6 Å². The third kappa shape index (κ3) is 4.58. The van der Waals surface area contributed by atoms with Gasteiger partial charge in [0.2, 0.25) is 5.88 Å². The van der Waals surface area contributed by atoms with Gasteiger partial charge in [-0.2, -0.15) is 10.1 Å². The normalized spacial score (nSPS) is 15.0. The lowest BCUT2D eigenvalue weighted by atomic mass is 9.98. The van der Waals surface area contributed by atoms with Gasteiger partial charge in [-0.25, -0.2) is 8.78 Å². The standard InChI is InChI=1S/C27H25F2N5O5/c1-32-13-16(12-30-32)24-31-25(35)22(27(37)34(24)23-20(38-2)5-4-6-21(23)39-3)26(36)33-10-9-15(14-33)18-8-7-17(28)11-19(18)29/h4-8,11-13,15,35H,9-10,14H2,1-3H3. The minimum atomic E-state index is -0.856. The molecular weight excluding hydrogens is 512 g/mol. The minimum absolute atomic E-state index is 0.0117. The summed E-state index contributed by atoms with van der Waals surface area (Å²) in [6.07, 6.45) is 3.46. The summed E-state index contributed by atoms with van der Waals surface area (Å²) < 4.78 is 41.4. The Morgan fingerprint density at radius 2 is 1.85 bits per heavy atom. The lowest BCUT2D eigenvalue weighted by Gasteiger charge is -2.21. The van der Waals surface area contributed by atoms with Crippen molar-refractivity contribution in [2.24, 2.45) is 7.05 Å². The van der Waals surface area contributed by atoms with Crippen LogP contribution in [0.4, 0.5) is 8.78 Å². The number of ether oxygens (including phenoxy) is 2. The largest absolute Gasteiger partial charge is 0.494 e. The first-order chi connectivity index (χ1) is 18.7. The van der Waals surface area contributed by atoms with Gasteiger partial charge in [0.25, 0.3) is 11.5 Å². The number of para-hydroxylation sites is 1. The molecule has 2 aromatic heterocycles. The number of rotatable bonds is 6. The number of amides is 1. The van der Waals surface area contributed by atoms with Crippen molar-refractivity contribution in [3.63, 3.8) is 0 Å². The lowest BCUT2D eigenvalue weighted by Crippen LogP contribution is -2.36. The van der Waals surface area contributed by atoms with E-state index in [-0.39, 0.29) is 41.7 Å². The van der Waals surface area contributed by atoms with Crippen molar-refractivity contribution < 1.29 is 28.2 Å². The van der Waals surface area contributed by atoms with Crippen LogP contribution in [0.2, 0.25) is 0 Å². The van der Waals surface area contributed by atoms with Crippen LogP contribution in [-0.2, 0) is 7.05 Å². The van der Waals surface area contributed by atoms with E-state index < -0.39 is 40.5 Å². The molecule has 0 aliphatic carbocycles. The van der Waals surface area contributed by atoms with E-state index in [1.165, 1.54) is 36.1 Å². The second kappa shape index (κ2) is 10.2. The molecule has 5 rings (SSSR count). The number of carbonyl (C=O) groups excluding carboxylic acids is 1. The van der Waals surface area contributed by atoms with Gasteiger partial charge in [-0.15, -0.1) is 0 Å². The highest BCUT2D eigenvalue weighted by Gasteiger charge is 2.34. The quantitative estimate of drug-likeness (QED) is 0.402. The van der Waals surface area contributed by atoms with E-state index in [9.17, 15) is 23.5 Å². The van der Waals surface area contributed by atoms with Crippen molar-refractivity contribution in [1.82, 2.24) is 24.2 Å². The molecule has 3 heterocycles. The number of benzene rings is 2. The van der Waals surface area contributed by atoms with Crippen LogP contribution in [0.15, 0.2) is 53.6 Å². The van der Waals surface area contributed by atoms with Gasteiger partial charge in [0, 0.05) is 38.3 Å². The second-order valence-electron chi connectivity index (χ2n) is 9.09. The lowest BCUT2D eigenvalue weighted by molar-refractivity contribution is 0.0784. The maximum absolute atomic E-state index is 14.4. The fraction of sp³-hybridized carbons (Fsp3) is 0.259. The summed E-state index contributed by atoms with van der Waals surface area (Å²) in [6.45, 7) is 0.268. The molecule has 0 radical (unpaired) electrons. The smallest absolute Gasteiger partial charge is 0.275 e. The van der Waals surface area contributed by atoms with Gasteiger partial charge < -0.3 is 19.5 Å². The number of aromatic nitrogens is 4. The predicted molar refractivity (Wildman–Crippen MR) is 136 cm³/mol. The van der Waals surface area contributed by atoms with Crippen LogP contribution >= 0.6 is 0 Å². The zero-order valence-electron chi connectivity index (χ0n) is 21.4. The average molecular weight is 538 g/mol. The molecule has 39 heavy (non-hydrogen) atoms. The first-order valence-corrected chi connectivity index (χ1v) is 12.0. The third-order valence-corrected chi connectivity index (χ3v) is 6.74. The van der Waals surface area contributed by atoms with Gasteiger partial charge in [0.15, 0.2) is 11.4 Å². The molecule has 1 atom stereocenters. The first-order valence-electron chi connectivity index (χ1n) is 12.0. The van der Waals surface area contributed by atoms with Crippen LogP contribution in [0.5, 0.6) is 17.4 Å². The number of halogens is 2. The fourth-order valence-electron chi connectivity index (χ4n) is 4.88. The molecule has 1 aliphatic rings. The fourth-order valence-corrected chi connectivity index (χ4v) is 4.88. The number of hydrogen-bond acceptors (Lipinski definition) is 7. The molecule has 1 unspecified atom stereocenters. The molecule has 4 aromatic rings. The summed E-state index contributed by atoms with van der Waals surface area (Å²) in [6, 6.07) is 8.23. The predicted octanol–water partition coefficient (Wildman–Crippen LogP) is 3.26. The highest BCUT2D eigenvalue weighted by molar-refractivity contribution is 5.96. The topological polar surface area (TPSA) is 112 Å². The van der Waals surface area contributed by atoms with Crippen LogP contribution in [0.3, 0.4) is 0 Å². The van der Waals surface area contributed by atoms with Crippen LogP contribution < -0.4 is 15.0 Å². The number of hydrogen-bond donors (Lipinski definition) is 1. The summed E-state index contributed by atoms with van der Waals surface area (Å²) in [4.78, 5) is 33.3. The zero-order valence-corrected chi connectivity index (χ0v) is 21.4. The van der Waals surface area contributed by atoms with Gasteiger partial charge in [0.05, 0.1) is 26.0 Å². The van der Waals surface area contributed by atoms with E-state index >= 15 is 0 Å². The van der Waals surface area contributed by atoms with Crippen molar-refractivity contribution >= 4 is 5.91 Å². The Morgan fingerprint density at radius 1 is 1.13 bits per heavy atom. The summed E-state index contributed by atoms with van der Waals surface area (Å²) >= 11 is 0. The van der Waals surface area contributed by atoms with E-state index in [1.807, 2.05) is 0 Å². The molecule has 0 spiro atoms. The monoisotopic (exact) mass is 537 g/mol. The van der Waals surface area contributed by atoms with Crippen LogP contribution in [0.25, 0.3) is 17.1 Å². The third-order valence-electron chi connectivity index (χ3n) is 6.74. The summed E-state index contributed by atoms with van der Waals surface area (Å²) in [5.41, 5.74) is -0.566. The van der Waals surface area contributed by atoms with Crippen molar-refractivity contribution in [1.29, 1.82) is 0 Å². The molecule has 202 valence electrons. The molecular formula is C27H25F2N5O5. The molecule has 10 nitrogen and oxygen atoms in total. The van der Waals surface area contributed by atoms with Gasteiger partial charge in [-0.3, -0.25) is 18.8 Å². The molecule has 1 aliphatic heterocycles. The number of nitrogens with zero attached hydrogens (tertiary/aromatic N) is 5. The summed E-state index contributed by atoms with van der Waals surface area (Å²) in [5.74, 6) is -2.79. The molecule has 1 fully saturated rings. The Bertz CT molecular complexity index is 1610. The number of aromatic hydroxyl groups is 1. The average Bonchev–Trinajstić information content (AvgIpc) is 3.57. The minimum Gasteiger partial charge on any atom is -0.494 e. The SMILES string of the molecule is COc1cccc(OC)c1-n1c(-c2cnn(C)c2)nc(O)c(C(=O)N2CCC(c3ccc(F)cc3F)C2)c1=O. The van der Waals surface area contributed by atoms with Gasteiger partial charge in [-0.05, 0) is 30.2 Å². The molecule has 1 amide bonds. The summed E-state index contributed by atoms with van der Waals surface area (Å²) in [7, 11) is 4.53. The maximum Gasteiger partial charge on any atom is 0.275 e. The van der Waals surface area contributed by atoms with Crippen molar-refractivity contribution in [3.05, 3.63) is 81.9 Å². The van der Waals surface area contributed by atoms with E-state index in [2.05, 4.69) is 10.1 Å². The molecule has 12 heteroatoms. The Balaban J connectivity index is 1.63. The van der Waals surface area contributed by atoms with Crippen LogP contribution in [0.1, 0.15) is 28.3 Å². The van der Waals surface area contributed by atoms with E-state index in [0.29, 0.717) is 12.0 Å². The highest BCUT2D eigenvalue weighted by Crippen LogP contribution is 2.36. The highest BCUT2D eigenvalue weighted by atomic mass is 19.1. The maximum atomic E-state index is 14.4. The van der Waals surface area contributed by atoms with Crippen molar-refractivity contribution in [2.45, 2.75) is 12.3 Å². The Kier molecular flexibility index (Phi) is 6.77. The molecule has 0 bridgehead atoms. The molecule has 1 saturated heterocycles. The van der Waals surface area contributed by atoms with E-state index in [4.69, 9.17) is 9.47 Å². The number of aryl methyl sites for hydroxylation is 1. The Morgan fingerprint density at radius 3 is 2.46 bits per heavy atom. The molecule has 0 saturated carbocycles. The molecule has 2 aromatic carbocycles. The van der Waals surface area contributed by atoms with Crippen molar-refractivity contribution in [2.75, 3.05) is 27.3 Å².